The van der Waals surface area contributed by atoms with Gasteiger partial charge in [0.25, 0.3) is 0 Å². The van der Waals surface area contributed by atoms with Crippen LogP contribution in [0.15, 0.2) is 0 Å². The Balaban J connectivity index is 0. The average Bonchev–Trinajstić information content (AvgIpc) is 1.91. The fourth-order valence-corrected chi connectivity index (χ4v) is 0.677. The number of rotatable bonds is 4. The van der Waals surface area contributed by atoms with E-state index in [1.165, 1.54) is 32.1 Å². The van der Waals surface area contributed by atoms with Gasteiger partial charge in [-0.2, -0.15) is 0 Å². The van der Waals surface area contributed by atoms with E-state index in [4.69, 9.17) is 19.3 Å². The molecule has 3 heteroatoms. The molecule has 0 aromatic heterocycles. The van der Waals surface area contributed by atoms with E-state index in [1.54, 1.807) is 0 Å². The Morgan fingerprint density at radius 2 is 1.20 bits per heavy atom. The Labute approximate surface area is 80.5 Å². The third kappa shape index (κ3) is 22.9. The molecule has 62 valence electrons. The van der Waals surface area contributed by atoms with Crippen LogP contribution in [0, 0.1) is 0 Å². The normalized spacial score (nSPS) is 8.00. The fraction of sp³-hybridized carbons (Fsp3) is 1.00. The monoisotopic (exact) mass is 240 g/mol. The van der Waals surface area contributed by atoms with E-state index in [2.05, 4.69) is 13.8 Å². The summed E-state index contributed by atoms with van der Waals surface area (Å²) in [5.41, 5.74) is 0. The van der Waals surface area contributed by atoms with Crippen LogP contribution in [-0.4, -0.2) is 15.4 Å². The van der Waals surface area contributed by atoms with Gasteiger partial charge in [-0.1, -0.05) is 46.0 Å². The molecule has 0 aliphatic carbocycles. The third-order valence-corrected chi connectivity index (χ3v) is 1.21. The van der Waals surface area contributed by atoms with Gasteiger partial charge in [0.05, 0.1) is 0 Å². The zero-order valence-electron chi connectivity index (χ0n) is 7.00. The van der Waals surface area contributed by atoms with Crippen molar-refractivity contribution >= 4 is 34.7 Å². The van der Waals surface area contributed by atoms with Crippen LogP contribution in [-0.2, 0) is 0 Å². The van der Waals surface area contributed by atoms with E-state index < -0.39 is 15.4 Å². The van der Waals surface area contributed by atoms with Gasteiger partial charge in [0.15, 0.2) is 0 Å². The molecule has 0 fully saturated rings. The van der Waals surface area contributed by atoms with Crippen molar-refractivity contribution in [3.8, 4) is 0 Å². The first kappa shape index (κ1) is 13.8. The molecule has 0 amide bonds. The van der Waals surface area contributed by atoms with Gasteiger partial charge in [0.1, 0.15) is 0 Å². The summed E-state index contributed by atoms with van der Waals surface area (Å²) >= 11 is -0.931. The van der Waals surface area contributed by atoms with Crippen LogP contribution in [0.4, 0.5) is 0 Å². The molecule has 0 N–H and O–H groups in total. The zero-order valence-corrected chi connectivity index (χ0v) is 11.5. The first-order chi connectivity index (χ1) is 4.83. The SMILES string of the molecule is CCCCCCC.[Cl][GaH][Cl]. The molecule has 0 rings (SSSR count). The molecule has 0 aromatic rings. The van der Waals surface area contributed by atoms with Crippen LogP contribution >= 0.6 is 19.3 Å². The van der Waals surface area contributed by atoms with Crippen molar-refractivity contribution in [2.75, 3.05) is 0 Å². The molecule has 0 nitrogen and oxygen atoms in total. The Hall–Kier alpha value is 1.22. The van der Waals surface area contributed by atoms with Crippen molar-refractivity contribution in [3.63, 3.8) is 0 Å². The molecule has 0 spiro atoms. The minimum absolute atomic E-state index is 0.931. The Kier molecular flexibility index (Phi) is 23.0. The molecule has 0 unspecified atom stereocenters. The molecular weight excluding hydrogens is 225 g/mol. The summed E-state index contributed by atoms with van der Waals surface area (Å²) in [5.74, 6) is 0. The van der Waals surface area contributed by atoms with Crippen LogP contribution < -0.4 is 0 Å². The van der Waals surface area contributed by atoms with E-state index in [0.717, 1.165) is 0 Å². The molecular formula is C7H17Cl2Ga. The van der Waals surface area contributed by atoms with Crippen molar-refractivity contribution in [2.24, 2.45) is 0 Å². The first-order valence-electron chi connectivity index (χ1n) is 3.95. The van der Waals surface area contributed by atoms with Gasteiger partial charge in [-0.15, -0.1) is 0 Å². The van der Waals surface area contributed by atoms with Crippen LogP contribution in [0.3, 0.4) is 0 Å². The fourth-order valence-electron chi connectivity index (χ4n) is 0.677. The second kappa shape index (κ2) is 16.7. The maximum absolute atomic E-state index is 4.95. The molecule has 0 aliphatic rings. The van der Waals surface area contributed by atoms with Crippen molar-refractivity contribution in [1.29, 1.82) is 0 Å². The second-order valence-electron chi connectivity index (χ2n) is 2.16. The van der Waals surface area contributed by atoms with E-state index >= 15 is 0 Å². The number of hydrogen-bond acceptors (Lipinski definition) is 0. The van der Waals surface area contributed by atoms with Gasteiger partial charge < -0.3 is 0 Å². The molecule has 0 heterocycles. The number of hydrogen-bond donors (Lipinski definition) is 0. The first-order valence-corrected chi connectivity index (χ1v) is 11.7. The van der Waals surface area contributed by atoms with Gasteiger partial charge in [0.2, 0.25) is 0 Å². The van der Waals surface area contributed by atoms with Gasteiger partial charge >= 0.3 is 34.7 Å². The quantitative estimate of drug-likeness (QED) is 0.520. The summed E-state index contributed by atoms with van der Waals surface area (Å²) in [4.78, 5) is 0. The predicted molar refractivity (Wildman–Crippen MR) is 53.3 cm³/mol. The summed E-state index contributed by atoms with van der Waals surface area (Å²) in [6.45, 7) is 4.49. The van der Waals surface area contributed by atoms with Crippen LogP contribution in [0.5, 0.6) is 0 Å². The molecule has 0 atom stereocenters. The second-order valence-corrected chi connectivity index (χ2v) is 6.78. The Morgan fingerprint density at radius 1 is 0.900 bits per heavy atom. The molecule has 0 saturated heterocycles. The standard InChI is InChI=1S/C7H16.2ClH.Ga.H/c1-3-5-7-6-4-2;;;;/h3-7H2,1-2H3;2*1H;;/q;;;+2;/p-2. The summed E-state index contributed by atoms with van der Waals surface area (Å²) in [6.07, 6.45) is 7.01. The molecule has 0 aliphatic heterocycles. The molecule has 0 radical (unpaired) electrons. The number of halogens is 2. The van der Waals surface area contributed by atoms with Crippen molar-refractivity contribution in [2.45, 2.75) is 46.0 Å². The summed E-state index contributed by atoms with van der Waals surface area (Å²) in [6, 6.07) is 0. The van der Waals surface area contributed by atoms with Crippen LogP contribution in [0.2, 0.25) is 0 Å². The molecule has 0 aromatic carbocycles. The van der Waals surface area contributed by atoms with Crippen molar-refractivity contribution in [3.05, 3.63) is 0 Å². The zero-order chi connectivity index (χ0) is 8.24. The summed E-state index contributed by atoms with van der Waals surface area (Å²) < 4.78 is 0. The third-order valence-electron chi connectivity index (χ3n) is 1.21. The summed E-state index contributed by atoms with van der Waals surface area (Å²) in [5, 5.41) is 0. The van der Waals surface area contributed by atoms with Gasteiger partial charge in [0, 0.05) is 0 Å². The van der Waals surface area contributed by atoms with E-state index in [0.29, 0.717) is 0 Å². The molecule has 10 heavy (non-hydrogen) atoms. The van der Waals surface area contributed by atoms with E-state index in [-0.39, 0.29) is 0 Å². The molecule has 0 bridgehead atoms. The predicted octanol–water partition coefficient (Wildman–Crippen LogP) is 3.71. The number of unbranched alkanes of at least 4 members (excludes halogenated alkanes) is 4. The average molecular weight is 242 g/mol. The van der Waals surface area contributed by atoms with E-state index in [1.807, 2.05) is 0 Å². The van der Waals surface area contributed by atoms with Crippen molar-refractivity contribution < 1.29 is 0 Å². The Morgan fingerprint density at radius 3 is 1.40 bits per heavy atom. The molecule has 0 saturated carbocycles. The van der Waals surface area contributed by atoms with Crippen LogP contribution in [0.25, 0.3) is 0 Å². The van der Waals surface area contributed by atoms with Gasteiger partial charge in [-0.25, -0.2) is 0 Å². The maximum atomic E-state index is 4.95. The minimum atomic E-state index is -0.931. The van der Waals surface area contributed by atoms with Gasteiger partial charge in [-0.05, 0) is 0 Å². The van der Waals surface area contributed by atoms with E-state index in [9.17, 15) is 0 Å². The van der Waals surface area contributed by atoms with Gasteiger partial charge in [-0.3, -0.25) is 0 Å². The Bertz CT molecular complexity index is 38.6. The van der Waals surface area contributed by atoms with Crippen molar-refractivity contribution in [1.82, 2.24) is 0 Å². The topological polar surface area (TPSA) is 0 Å². The van der Waals surface area contributed by atoms with Crippen LogP contribution in [0.1, 0.15) is 46.0 Å². The summed E-state index contributed by atoms with van der Waals surface area (Å²) in [7, 11) is 9.90.